The minimum atomic E-state index is -4.32. The van der Waals surface area contributed by atoms with Crippen molar-refractivity contribution in [3.63, 3.8) is 0 Å². The number of anilines is 1. The molecule has 1 fully saturated rings. The van der Waals surface area contributed by atoms with E-state index >= 15 is 0 Å². The molecule has 1 heterocycles. The van der Waals surface area contributed by atoms with Gasteiger partial charge in [0.25, 0.3) is 0 Å². The van der Waals surface area contributed by atoms with Gasteiger partial charge in [-0.15, -0.1) is 0 Å². The predicted octanol–water partition coefficient (Wildman–Crippen LogP) is 5.75. The van der Waals surface area contributed by atoms with Gasteiger partial charge in [0.05, 0.1) is 22.9 Å². The van der Waals surface area contributed by atoms with Crippen LogP contribution >= 0.6 is 0 Å². The van der Waals surface area contributed by atoms with E-state index in [0.717, 1.165) is 60.1 Å². The van der Waals surface area contributed by atoms with Crippen LogP contribution in [0.1, 0.15) is 29.5 Å². The third-order valence-corrected chi connectivity index (χ3v) is 5.32. The van der Waals surface area contributed by atoms with Gasteiger partial charge < -0.3 is 5.01 Å². The topological polar surface area (TPSA) is 30.3 Å². The molecule has 0 spiro atoms. The molecule has 0 saturated carbocycles. The van der Waals surface area contributed by atoms with Gasteiger partial charge in [-0.1, -0.05) is 36.4 Å². The molecule has 0 atom stereocenters. The van der Waals surface area contributed by atoms with Gasteiger partial charge in [-0.2, -0.15) is 18.4 Å². The van der Waals surface area contributed by atoms with Crippen LogP contribution in [-0.4, -0.2) is 18.1 Å². The fraction of sp³-hybridized carbons (Fsp3) is 0.261. The fourth-order valence-electron chi connectivity index (χ4n) is 3.87. The van der Waals surface area contributed by atoms with Gasteiger partial charge in [0, 0.05) is 30.4 Å². The average molecular weight is 395 g/mol. The summed E-state index contributed by atoms with van der Waals surface area (Å²) in [5.41, 5.74) is 1.86. The van der Waals surface area contributed by atoms with Gasteiger partial charge in [0.1, 0.15) is 0 Å². The molecule has 3 nitrogen and oxygen atoms in total. The maximum atomic E-state index is 12.8. The molecule has 0 amide bonds. The first-order valence-corrected chi connectivity index (χ1v) is 9.58. The Balaban J connectivity index is 1.65. The maximum absolute atomic E-state index is 12.8. The molecule has 148 valence electrons. The van der Waals surface area contributed by atoms with Gasteiger partial charge in [0.15, 0.2) is 0 Å². The number of nitrogens with zero attached hydrogens (tertiary/aromatic N) is 3. The molecular weight excluding hydrogens is 375 g/mol. The fourth-order valence-corrected chi connectivity index (χ4v) is 3.87. The van der Waals surface area contributed by atoms with Crippen LogP contribution < -0.4 is 5.01 Å². The minimum Gasteiger partial charge on any atom is -0.305 e. The zero-order valence-electron chi connectivity index (χ0n) is 15.8. The van der Waals surface area contributed by atoms with E-state index in [1.165, 1.54) is 0 Å². The summed E-state index contributed by atoms with van der Waals surface area (Å²) in [5.74, 6) is 0. The molecule has 0 bridgehead atoms. The highest BCUT2D eigenvalue weighted by molar-refractivity contribution is 5.97. The quantitative estimate of drug-likeness (QED) is 0.566. The van der Waals surface area contributed by atoms with E-state index in [1.54, 1.807) is 12.1 Å². The standard InChI is InChI=1S/C23H20F3N3/c24-23(25,26)19-10-7-17(8-11-19)16-28-13-3-4-14-29(28)22-12-9-18(15-27)20-5-1-2-6-21(20)22/h1-2,5-12H,3-4,13-14,16H2. The van der Waals surface area contributed by atoms with E-state index in [-0.39, 0.29) is 0 Å². The van der Waals surface area contributed by atoms with Gasteiger partial charge in [-0.25, -0.2) is 5.01 Å². The normalized spacial score (nSPS) is 15.4. The smallest absolute Gasteiger partial charge is 0.305 e. The summed E-state index contributed by atoms with van der Waals surface area (Å²) in [7, 11) is 0. The molecule has 0 unspecified atom stereocenters. The molecule has 0 aliphatic carbocycles. The van der Waals surface area contributed by atoms with E-state index in [1.807, 2.05) is 36.4 Å². The van der Waals surface area contributed by atoms with Crippen LogP contribution in [-0.2, 0) is 12.7 Å². The van der Waals surface area contributed by atoms with Crippen LogP contribution in [0.2, 0.25) is 0 Å². The van der Waals surface area contributed by atoms with Crippen LogP contribution in [0.25, 0.3) is 10.8 Å². The second-order valence-electron chi connectivity index (χ2n) is 7.20. The van der Waals surface area contributed by atoms with Crippen molar-refractivity contribution in [2.24, 2.45) is 0 Å². The van der Waals surface area contributed by atoms with Crippen LogP contribution in [0, 0.1) is 11.3 Å². The summed E-state index contributed by atoms with van der Waals surface area (Å²) in [6.45, 7) is 2.19. The first-order chi connectivity index (χ1) is 14.0. The summed E-state index contributed by atoms with van der Waals surface area (Å²) in [5, 5.41) is 15.7. The summed E-state index contributed by atoms with van der Waals surface area (Å²) in [6, 6.07) is 19.3. The van der Waals surface area contributed by atoms with Crippen molar-refractivity contribution in [1.29, 1.82) is 5.26 Å². The Kier molecular flexibility index (Phi) is 5.16. The highest BCUT2D eigenvalue weighted by Crippen LogP contribution is 2.33. The second kappa shape index (κ2) is 7.76. The lowest BCUT2D eigenvalue weighted by atomic mass is 10.0. The highest BCUT2D eigenvalue weighted by atomic mass is 19.4. The van der Waals surface area contributed by atoms with Crippen molar-refractivity contribution in [2.45, 2.75) is 25.6 Å². The van der Waals surface area contributed by atoms with E-state index in [9.17, 15) is 18.4 Å². The molecule has 0 radical (unpaired) electrons. The number of alkyl halides is 3. The van der Waals surface area contributed by atoms with E-state index < -0.39 is 11.7 Å². The minimum absolute atomic E-state index is 0.534. The molecule has 3 aromatic rings. The summed E-state index contributed by atoms with van der Waals surface area (Å²) >= 11 is 0. The second-order valence-corrected chi connectivity index (χ2v) is 7.20. The molecule has 1 aliphatic heterocycles. The zero-order chi connectivity index (χ0) is 20.4. The largest absolute Gasteiger partial charge is 0.416 e. The molecule has 6 heteroatoms. The summed E-state index contributed by atoms with van der Waals surface area (Å²) in [6.07, 6.45) is -2.25. The Morgan fingerprint density at radius 1 is 0.862 bits per heavy atom. The molecule has 1 saturated heterocycles. The number of fused-ring (bicyclic) bond motifs is 1. The molecule has 1 aliphatic rings. The summed E-state index contributed by atoms with van der Waals surface area (Å²) < 4.78 is 38.5. The van der Waals surface area contributed by atoms with Gasteiger partial charge in [-0.3, -0.25) is 0 Å². The maximum Gasteiger partial charge on any atom is 0.416 e. The number of nitriles is 1. The van der Waals surface area contributed by atoms with Gasteiger partial charge in [-0.05, 0) is 42.7 Å². The van der Waals surface area contributed by atoms with Crippen molar-refractivity contribution >= 4 is 16.5 Å². The van der Waals surface area contributed by atoms with E-state index in [0.29, 0.717) is 12.1 Å². The number of rotatable bonds is 3. The number of hydrogen-bond acceptors (Lipinski definition) is 3. The predicted molar refractivity (Wildman–Crippen MR) is 107 cm³/mol. The Morgan fingerprint density at radius 2 is 1.55 bits per heavy atom. The molecule has 4 rings (SSSR count). The van der Waals surface area contributed by atoms with Crippen molar-refractivity contribution in [3.8, 4) is 6.07 Å². The third kappa shape index (κ3) is 3.92. The monoisotopic (exact) mass is 395 g/mol. The van der Waals surface area contributed by atoms with Crippen molar-refractivity contribution in [3.05, 3.63) is 77.4 Å². The average Bonchev–Trinajstić information content (AvgIpc) is 2.73. The molecule has 29 heavy (non-hydrogen) atoms. The lowest BCUT2D eigenvalue weighted by Crippen LogP contribution is -2.47. The van der Waals surface area contributed by atoms with Crippen molar-refractivity contribution in [2.75, 3.05) is 18.1 Å². The lowest BCUT2D eigenvalue weighted by Gasteiger charge is -2.41. The molecule has 0 N–H and O–H groups in total. The first-order valence-electron chi connectivity index (χ1n) is 9.58. The van der Waals surface area contributed by atoms with Gasteiger partial charge in [0.2, 0.25) is 0 Å². The Labute approximate surface area is 167 Å². The third-order valence-electron chi connectivity index (χ3n) is 5.32. The van der Waals surface area contributed by atoms with Crippen molar-refractivity contribution < 1.29 is 13.2 Å². The van der Waals surface area contributed by atoms with Crippen LogP contribution in [0.5, 0.6) is 0 Å². The van der Waals surface area contributed by atoms with Crippen molar-refractivity contribution in [1.82, 2.24) is 5.01 Å². The lowest BCUT2D eigenvalue weighted by molar-refractivity contribution is -0.137. The molecular formula is C23H20F3N3. The molecule has 0 aromatic heterocycles. The number of halogens is 3. The Hall–Kier alpha value is -3.04. The van der Waals surface area contributed by atoms with Gasteiger partial charge >= 0.3 is 6.18 Å². The van der Waals surface area contributed by atoms with E-state index in [2.05, 4.69) is 16.1 Å². The van der Waals surface area contributed by atoms with Crippen LogP contribution in [0.15, 0.2) is 60.7 Å². The Morgan fingerprint density at radius 3 is 2.24 bits per heavy atom. The summed E-state index contributed by atoms with van der Waals surface area (Å²) in [4.78, 5) is 0. The Bertz CT molecular complexity index is 1050. The first kappa shape index (κ1) is 19.3. The number of hydrogen-bond donors (Lipinski definition) is 0. The number of hydrazine groups is 1. The van der Waals surface area contributed by atoms with Crippen LogP contribution in [0.4, 0.5) is 18.9 Å². The van der Waals surface area contributed by atoms with E-state index in [4.69, 9.17) is 0 Å². The SMILES string of the molecule is N#Cc1ccc(N2CCCCN2Cc2ccc(C(F)(F)F)cc2)c2ccccc12. The number of benzene rings is 3. The zero-order valence-corrected chi connectivity index (χ0v) is 15.8. The van der Waals surface area contributed by atoms with Crippen LogP contribution in [0.3, 0.4) is 0 Å². The highest BCUT2D eigenvalue weighted by Gasteiger charge is 2.30. The molecule has 3 aromatic carbocycles.